The molecule has 0 aromatic carbocycles. The highest BCUT2D eigenvalue weighted by atomic mass is 14.9. The summed E-state index contributed by atoms with van der Waals surface area (Å²) in [4.78, 5) is 4.69. The minimum atomic E-state index is 0.0284. The second kappa shape index (κ2) is 2.72. The van der Waals surface area contributed by atoms with Crippen LogP contribution < -0.4 is 0 Å². The molecule has 12 heavy (non-hydrogen) atoms. The first-order chi connectivity index (χ1) is 5.36. The Kier molecular flexibility index (Phi) is 2.15. The van der Waals surface area contributed by atoms with Gasteiger partial charge in [-0.15, -0.1) is 0 Å². The molecule has 1 nitrogen and oxygen atoms in total. The Labute approximate surface area is 75.6 Å². The van der Waals surface area contributed by atoms with Gasteiger partial charge in [0.25, 0.3) is 0 Å². The standard InChI is InChI=1S/C11H19N/c1-7-8(2)10(4)12-11(5,6)9(7)3/h8H,1-6H3. The lowest BCUT2D eigenvalue weighted by Crippen LogP contribution is -2.29. The van der Waals surface area contributed by atoms with Gasteiger partial charge in [-0.3, -0.25) is 4.99 Å². The summed E-state index contributed by atoms with van der Waals surface area (Å²) in [6.45, 7) is 13.1. The molecule has 0 saturated heterocycles. The van der Waals surface area contributed by atoms with Crippen LogP contribution in [0.3, 0.4) is 0 Å². The fraction of sp³-hybridized carbons (Fsp3) is 0.727. The molecule has 0 aromatic rings. The molecule has 0 fully saturated rings. The van der Waals surface area contributed by atoms with Crippen molar-refractivity contribution >= 4 is 5.71 Å². The van der Waals surface area contributed by atoms with Gasteiger partial charge in [-0.05, 0) is 40.2 Å². The number of nitrogens with zero attached hydrogens (tertiary/aromatic N) is 1. The van der Waals surface area contributed by atoms with Crippen molar-refractivity contribution in [1.82, 2.24) is 0 Å². The van der Waals surface area contributed by atoms with E-state index < -0.39 is 0 Å². The number of allylic oxidation sites excluding steroid dienone is 1. The summed E-state index contributed by atoms with van der Waals surface area (Å²) >= 11 is 0. The summed E-state index contributed by atoms with van der Waals surface area (Å²) < 4.78 is 0. The van der Waals surface area contributed by atoms with Crippen LogP contribution in [0.1, 0.15) is 41.5 Å². The maximum absolute atomic E-state index is 4.69. The van der Waals surface area contributed by atoms with Crippen molar-refractivity contribution < 1.29 is 0 Å². The maximum atomic E-state index is 4.69. The SMILES string of the molecule is CC1=NC(C)(C)C(C)=C(C)C1C. The maximum Gasteiger partial charge on any atom is 0.0760 e. The van der Waals surface area contributed by atoms with Gasteiger partial charge in [0.05, 0.1) is 5.54 Å². The van der Waals surface area contributed by atoms with Crippen molar-refractivity contribution in [3.63, 3.8) is 0 Å². The molecule has 0 N–H and O–H groups in total. The summed E-state index contributed by atoms with van der Waals surface area (Å²) in [6.07, 6.45) is 0. The Morgan fingerprint density at radius 2 is 1.67 bits per heavy atom. The molecular weight excluding hydrogens is 146 g/mol. The second-order valence-electron chi connectivity index (χ2n) is 4.34. The van der Waals surface area contributed by atoms with Crippen molar-refractivity contribution in [3.05, 3.63) is 11.1 Å². The number of dihydropyridines is 1. The zero-order valence-corrected chi connectivity index (χ0v) is 9.02. The minimum absolute atomic E-state index is 0.0284. The van der Waals surface area contributed by atoms with E-state index in [1.807, 2.05) is 0 Å². The van der Waals surface area contributed by atoms with E-state index in [4.69, 9.17) is 0 Å². The van der Waals surface area contributed by atoms with Crippen LogP contribution >= 0.6 is 0 Å². The molecule has 0 bridgehead atoms. The van der Waals surface area contributed by atoms with Crippen LogP contribution in [0.15, 0.2) is 16.1 Å². The van der Waals surface area contributed by atoms with Gasteiger partial charge in [0.1, 0.15) is 0 Å². The van der Waals surface area contributed by atoms with E-state index in [2.05, 4.69) is 46.5 Å². The highest BCUT2D eigenvalue weighted by molar-refractivity contribution is 5.88. The van der Waals surface area contributed by atoms with Crippen LogP contribution in [-0.4, -0.2) is 11.3 Å². The van der Waals surface area contributed by atoms with Crippen LogP contribution in [0.5, 0.6) is 0 Å². The lowest BCUT2D eigenvalue weighted by atomic mass is 9.82. The van der Waals surface area contributed by atoms with E-state index in [1.165, 1.54) is 16.9 Å². The average molecular weight is 165 g/mol. The highest BCUT2D eigenvalue weighted by Gasteiger charge is 2.28. The van der Waals surface area contributed by atoms with Gasteiger partial charge >= 0.3 is 0 Å². The predicted molar refractivity (Wildman–Crippen MR) is 54.7 cm³/mol. The number of rotatable bonds is 0. The lowest BCUT2D eigenvalue weighted by molar-refractivity contribution is 0.575. The van der Waals surface area contributed by atoms with Crippen LogP contribution in [0.4, 0.5) is 0 Å². The quantitative estimate of drug-likeness (QED) is 0.489. The van der Waals surface area contributed by atoms with Crippen molar-refractivity contribution in [2.45, 2.75) is 47.1 Å². The van der Waals surface area contributed by atoms with Crippen molar-refractivity contribution in [2.75, 3.05) is 0 Å². The molecule has 1 atom stereocenters. The summed E-state index contributed by atoms with van der Waals surface area (Å²) in [6, 6.07) is 0. The molecule has 1 aliphatic heterocycles. The van der Waals surface area contributed by atoms with Gasteiger partial charge in [-0.2, -0.15) is 0 Å². The Hall–Kier alpha value is -0.590. The van der Waals surface area contributed by atoms with E-state index in [1.54, 1.807) is 0 Å². The molecule has 1 rings (SSSR count). The zero-order chi connectivity index (χ0) is 9.52. The number of aliphatic imine (C=N–C) groups is 1. The molecule has 1 heterocycles. The number of hydrogen-bond donors (Lipinski definition) is 0. The normalized spacial score (nSPS) is 28.8. The predicted octanol–water partition coefficient (Wildman–Crippen LogP) is 3.21. The smallest absolute Gasteiger partial charge is 0.0760 e. The van der Waals surface area contributed by atoms with E-state index >= 15 is 0 Å². The topological polar surface area (TPSA) is 12.4 Å². The minimum Gasteiger partial charge on any atom is -0.283 e. The van der Waals surface area contributed by atoms with E-state index in [0.29, 0.717) is 5.92 Å². The number of hydrogen-bond acceptors (Lipinski definition) is 1. The largest absolute Gasteiger partial charge is 0.283 e. The molecule has 0 amide bonds. The van der Waals surface area contributed by atoms with Crippen molar-refractivity contribution in [2.24, 2.45) is 10.9 Å². The molecule has 0 saturated carbocycles. The van der Waals surface area contributed by atoms with Crippen molar-refractivity contribution in [3.8, 4) is 0 Å². The Bertz CT molecular complexity index is 256. The van der Waals surface area contributed by atoms with Crippen LogP contribution in [0.2, 0.25) is 0 Å². The fourth-order valence-electron chi connectivity index (χ4n) is 1.74. The van der Waals surface area contributed by atoms with E-state index in [-0.39, 0.29) is 5.54 Å². The first kappa shape index (κ1) is 9.50. The van der Waals surface area contributed by atoms with Gasteiger partial charge in [-0.1, -0.05) is 12.5 Å². The molecule has 0 spiro atoms. The molecule has 0 radical (unpaired) electrons. The first-order valence-electron chi connectivity index (χ1n) is 4.60. The van der Waals surface area contributed by atoms with Crippen LogP contribution in [-0.2, 0) is 0 Å². The monoisotopic (exact) mass is 165 g/mol. The summed E-state index contributed by atoms with van der Waals surface area (Å²) in [5, 5.41) is 0. The fourth-order valence-corrected chi connectivity index (χ4v) is 1.74. The molecule has 1 unspecified atom stereocenters. The van der Waals surface area contributed by atoms with Gasteiger partial charge < -0.3 is 0 Å². The lowest BCUT2D eigenvalue weighted by Gasteiger charge is -2.32. The van der Waals surface area contributed by atoms with Gasteiger partial charge in [0.2, 0.25) is 0 Å². The zero-order valence-electron chi connectivity index (χ0n) is 9.02. The summed E-state index contributed by atoms with van der Waals surface area (Å²) in [7, 11) is 0. The van der Waals surface area contributed by atoms with Crippen LogP contribution in [0, 0.1) is 5.92 Å². The first-order valence-corrected chi connectivity index (χ1v) is 4.60. The third-order valence-corrected chi connectivity index (χ3v) is 3.24. The van der Waals surface area contributed by atoms with E-state index in [9.17, 15) is 0 Å². The van der Waals surface area contributed by atoms with Gasteiger partial charge in [-0.25, -0.2) is 0 Å². The third-order valence-electron chi connectivity index (χ3n) is 3.24. The van der Waals surface area contributed by atoms with Crippen LogP contribution in [0.25, 0.3) is 0 Å². The summed E-state index contributed by atoms with van der Waals surface area (Å²) in [5.74, 6) is 0.540. The second-order valence-corrected chi connectivity index (χ2v) is 4.34. The van der Waals surface area contributed by atoms with Crippen molar-refractivity contribution in [1.29, 1.82) is 0 Å². The van der Waals surface area contributed by atoms with Gasteiger partial charge in [0, 0.05) is 11.6 Å². The Morgan fingerprint density at radius 1 is 1.17 bits per heavy atom. The highest BCUT2D eigenvalue weighted by Crippen LogP contribution is 2.32. The van der Waals surface area contributed by atoms with E-state index in [0.717, 1.165) is 0 Å². The molecule has 68 valence electrons. The molecule has 1 aliphatic rings. The van der Waals surface area contributed by atoms with Gasteiger partial charge in [0.15, 0.2) is 0 Å². The third kappa shape index (κ3) is 1.33. The Balaban J connectivity index is 3.15. The molecular formula is C11H19N. The molecule has 1 heteroatoms. The summed E-state index contributed by atoms with van der Waals surface area (Å²) in [5.41, 5.74) is 4.22. The molecule has 0 aliphatic carbocycles. The molecule has 0 aromatic heterocycles. The Morgan fingerprint density at radius 3 is 2.17 bits per heavy atom. The average Bonchev–Trinajstić information content (AvgIpc) is 1.97.